The molecule has 2 aromatic carbocycles. The normalized spacial score (nSPS) is 20.3. The number of Topliss-reactive ketones (excluding diaryl/α,β-unsaturated/α-hetero) is 1. The number of ether oxygens (including phenoxy) is 2. The predicted octanol–water partition coefficient (Wildman–Crippen LogP) is 3.36. The van der Waals surface area contributed by atoms with Crippen molar-refractivity contribution in [3.8, 4) is 11.5 Å². The summed E-state index contributed by atoms with van der Waals surface area (Å²) in [6.45, 7) is 7.50. The van der Waals surface area contributed by atoms with E-state index in [0.717, 1.165) is 13.1 Å². The van der Waals surface area contributed by atoms with E-state index in [4.69, 9.17) is 21.1 Å². The second-order valence-electron chi connectivity index (χ2n) is 8.28. The van der Waals surface area contributed by atoms with Gasteiger partial charge in [-0.1, -0.05) is 36.4 Å². The summed E-state index contributed by atoms with van der Waals surface area (Å²) in [4.78, 5) is 29.9. The van der Waals surface area contributed by atoms with Crippen molar-refractivity contribution in [1.82, 2.24) is 9.80 Å². The van der Waals surface area contributed by atoms with Crippen LogP contribution in [0.15, 0.2) is 60.7 Å². The van der Waals surface area contributed by atoms with Gasteiger partial charge in [0.25, 0.3) is 11.7 Å². The standard InChI is InChI=1S/C26H27ClN2O6/c1-2-13-35-19-6-3-17(4-7-19)23-22(24(31)20-16-18(27)5-8-21(20)30)25(32)26(33)29(23)10-9-28-11-14-34-15-12-28/h2-8,16,23,30-31H,1,9-15H2/b24-22+. The molecule has 1 atom stereocenters. The number of likely N-dealkylation sites (tertiary alicyclic amines) is 1. The summed E-state index contributed by atoms with van der Waals surface area (Å²) in [6.07, 6.45) is 1.63. The zero-order chi connectivity index (χ0) is 24.9. The van der Waals surface area contributed by atoms with Gasteiger partial charge in [0.1, 0.15) is 23.9 Å². The molecule has 184 valence electrons. The number of hydrogen-bond acceptors (Lipinski definition) is 7. The number of aliphatic hydroxyl groups excluding tert-OH is 1. The number of phenolic OH excluding ortho intramolecular Hbond substituents is 1. The van der Waals surface area contributed by atoms with E-state index in [1.54, 1.807) is 30.3 Å². The lowest BCUT2D eigenvalue weighted by Crippen LogP contribution is -2.42. The predicted molar refractivity (Wildman–Crippen MR) is 132 cm³/mol. The highest BCUT2D eigenvalue weighted by Gasteiger charge is 2.46. The molecule has 0 bridgehead atoms. The van der Waals surface area contributed by atoms with Gasteiger partial charge in [-0.3, -0.25) is 14.5 Å². The van der Waals surface area contributed by atoms with Crippen molar-refractivity contribution < 1.29 is 29.3 Å². The molecule has 0 aromatic heterocycles. The van der Waals surface area contributed by atoms with Gasteiger partial charge in [0.05, 0.1) is 30.4 Å². The number of phenols is 1. The monoisotopic (exact) mass is 498 g/mol. The quantitative estimate of drug-likeness (QED) is 0.249. The molecule has 1 amide bonds. The summed E-state index contributed by atoms with van der Waals surface area (Å²) >= 11 is 6.07. The molecule has 2 aliphatic rings. The maximum atomic E-state index is 13.2. The summed E-state index contributed by atoms with van der Waals surface area (Å²) < 4.78 is 10.9. The average Bonchev–Trinajstić information content (AvgIpc) is 3.13. The van der Waals surface area contributed by atoms with E-state index in [2.05, 4.69) is 11.5 Å². The van der Waals surface area contributed by atoms with Crippen LogP contribution in [0.25, 0.3) is 5.76 Å². The largest absolute Gasteiger partial charge is 0.507 e. The Morgan fingerprint density at radius 1 is 1.14 bits per heavy atom. The average molecular weight is 499 g/mol. The molecular weight excluding hydrogens is 472 g/mol. The number of hydrogen-bond donors (Lipinski definition) is 2. The molecule has 8 nitrogen and oxygen atoms in total. The van der Waals surface area contributed by atoms with Crippen molar-refractivity contribution in [1.29, 1.82) is 0 Å². The summed E-state index contributed by atoms with van der Waals surface area (Å²) in [7, 11) is 0. The molecule has 1 unspecified atom stereocenters. The molecule has 0 spiro atoms. The first-order chi connectivity index (χ1) is 16.9. The van der Waals surface area contributed by atoms with Gasteiger partial charge in [-0.05, 0) is 35.9 Å². The van der Waals surface area contributed by atoms with Crippen LogP contribution in [0.1, 0.15) is 17.2 Å². The number of benzene rings is 2. The van der Waals surface area contributed by atoms with E-state index in [-0.39, 0.29) is 28.5 Å². The summed E-state index contributed by atoms with van der Waals surface area (Å²) in [5.41, 5.74) is 0.508. The number of halogens is 1. The molecule has 0 aliphatic carbocycles. The number of ketones is 1. The van der Waals surface area contributed by atoms with Gasteiger partial charge >= 0.3 is 0 Å². The Bertz CT molecular complexity index is 1140. The Morgan fingerprint density at radius 2 is 1.86 bits per heavy atom. The summed E-state index contributed by atoms with van der Waals surface area (Å²) in [6, 6.07) is 10.3. The van der Waals surface area contributed by atoms with E-state index in [0.29, 0.717) is 37.7 Å². The Morgan fingerprint density at radius 3 is 2.54 bits per heavy atom. The molecule has 2 N–H and O–H groups in total. The Kier molecular flexibility index (Phi) is 7.75. The topological polar surface area (TPSA) is 99.5 Å². The Labute approximate surface area is 208 Å². The zero-order valence-corrected chi connectivity index (χ0v) is 19.9. The van der Waals surface area contributed by atoms with Crippen molar-refractivity contribution >= 4 is 29.1 Å². The molecule has 2 saturated heterocycles. The minimum atomic E-state index is -0.845. The van der Waals surface area contributed by atoms with E-state index in [1.807, 2.05) is 0 Å². The third kappa shape index (κ3) is 5.35. The molecule has 0 radical (unpaired) electrons. The van der Waals surface area contributed by atoms with Crippen LogP contribution in [0.5, 0.6) is 11.5 Å². The van der Waals surface area contributed by atoms with Crippen molar-refractivity contribution in [2.45, 2.75) is 6.04 Å². The van der Waals surface area contributed by atoms with Crippen LogP contribution >= 0.6 is 11.6 Å². The van der Waals surface area contributed by atoms with Crippen molar-refractivity contribution in [2.75, 3.05) is 46.0 Å². The molecule has 0 saturated carbocycles. The highest BCUT2D eigenvalue weighted by Crippen LogP contribution is 2.41. The lowest BCUT2D eigenvalue weighted by Gasteiger charge is -2.31. The van der Waals surface area contributed by atoms with Crippen LogP contribution in [0.2, 0.25) is 5.02 Å². The van der Waals surface area contributed by atoms with Gasteiger partial charge in [-0.15, -0.1) is 0 Å². The number of carbonyl (C=O) groups excluding carboxylic acids is 2. The number of amides is 1. The maximum absolute atomic E-state index is 13.2. The fraction of sp³-hybridized carbons (Fsp3) is 0.308. The van der Waals surface area contributed by atoms with Crippen LogP contribution in [-0.4, -0.2) is 77.7 Å². The van der Waals surface area contributed by atoms with Crippen LogP contribution < -0.4 is 4.74 Å². The number of aliphatic hydroxyl groups is 1. The molecule has 2 heterocycles. The lowest BCUT2D eigenvalue weighted by molar-refractivity contribution is -0.140. The first-order valence-electron chi connectivity index (χ1n) is 11.3. The fourth-order valence-corrected chi connectivity index (χ4v) is 4.45. The van der Waals surface area contributed by atoms with Gasteiger partial charge in [0.2, 0.25) is 0 Å². The molecule has 4 rings (SSSR count). The fourth-order valence-electron chi connectivity index (χ4n) is 4.28. The number of carbonyl (C=O) groups is 2. The number of aromatic hydroxyl groups is 1. The first kappa shape index (κ1) is 24.8. The molecule has 9 heteroatoms. The van der Waals surface area contributed by atoms with E-state index in [1.165, 1.54) is 23.1 Å². The smallest absolute Gasteiger partial charge is 0.295 e. The molecular formula is C26H27ClN2O6. The van der Waals surface area contributed by atoms with Gasteiger partial charge in [-0.2, -0.15) is 0 Å². The second kappa shape index (κ2) is 10.9. The van der Waals surface area contributed by atoms with E-state index in [9.17, 15) is 19.8 Å². The highest BCUT2D eigenvalue weighted by atomic mass is 35.5. The Hall–Kier alpha value is -3.33. The second-order valence-corrected chi connectivity index (χ2v) is 8.71. The van der Waals surface area contributed by atoms with Crippen LogP contribution in [-0.2, 0) is 14.3 Å². The number of nitrogens with zero attached hydrogens (tertiary/aromatic N) is 2. The lowest BCUT2D eigenvalue weighted by atomic mass is 9.95. The molecule has 2 aromatic rings. The number of rotatable bonds is 8. The molecule has 2 fully saturated rings. The van der Waals surface area contributed by atoms with Crippen LogP contribution in [0.4, 0.5) is 0 Å². The van der Waals surface area contributed by atoms with Crippen LogP contribution in [0.3, 0.4) is 0 Å². The number of morpholine rings is 1. The summed E-state index contributed by atoms with van der Waals surface area (Å²) in [5, 5.41) is 21.7. The van der Waals surface area contributed by atoms with Crippen molar-refractivity contribution in [3.05, 3.63) is 76.8 Å². The third-order valence-electron chi connectivity index (χ3n) is 6.08. The van der Waals surface area contributed by atoms with Gasteiger partial charge in [0.15, 0.2) is 0 Å². The van der Waals surface area contributed by atoms with Crippen molar-refractivity contribution in [3.63, 3.8) is 0 Å². The zero-order valence-electron chi connectivity index (χ0n) is 19.2. The highest BCUT2D eigenvalue weighted by molar-refractivity contribution is 6.46. The van der Waals surface area contributed by atoms with E-state index >= 15 is 0 Å². The Balaban J connectivity index is 1.74. The van der Waals surface area contributed by atoms with E-state index < -0.39 is 23.5 Å². The van der Waals surface area contributed by atoms with Crippen LogP contribution in [0, 0.1) is 0 Å². The van der Waals surface area contributed by atoms with Gasteiger partial charge in [0, 0.05) is 31.2 Å². The minimum absolute atomic E-state index is 0.0142. The summed E-state index contributed by atoms with van der Waals surface area (Å²) in [5.74, 6) is -1.65. The van der Waals surface area contributed by atoms with Gasteiger partial charge < -0.3 is 24.6 Å². The molecule has 35 heavy (non-hydrogen) atoms. The SMILES string of the molecule is C=CCOc1ccc(C2/C(=C(\O)c3cc(Cl)ccc3O)C(=O)C(=O)N2CCN2CCOCC2)cc1. The maximum Gasteiger partial charge on any atom is 0.295 e. The third-order valence-corrected chi connectivity index (χ3v) is 6.31. The van der Waals surface area contributed by atoms with Gasteiger partial charge in [-0.25, -0.2) is 0 Å². The first-order valence-corrected chi connectivity index (χ1v) is 11.7. The minimum Gasteiger partial charge on any atom is -0.507 e. The van der Waals surface area contributed by atoms with Crippen molar-refractivity contribution in [2.24, 2.45) is 0 Å². The molecule has 2 aliphatic heterocycles.